The molecule has 2 heterocycles. The molecule has 0 aliphatic rings. The first-order valence-corrected chi connectivity index (χ1v) is 7.69. The summed E-state index contributed by atoms with van der Waals surface area (Å²) in [6.07, 6.45) is 3.13. The van der Waals surface area contributed by atoms with Crippen LogP contribution in [0.4, 0.5) is 16.6 Å². The maximum Gasteiger partial charge on any atom is 0.267 e. The fraction of sp³-hybridized carbons (Fsp3) is 0.133. The molecular formula is C15H15N5O2S. The first-order valence-electron chi connectivity index (χ1n) is 6.87. The van der Waals surface area contributed by atoms with E-state index in [1.807, 2.05) is 6.92 Å². The molecule has 0 radical (unpaired) electrons. The van der Waals surface area contributed by atoms with Gasteiger partial charge in [0.25, 0.3) is 5.91 Å². The number of amides is 1. The van der Waals surface area contributed by atoms with Gasteiger partial charge in [0.1, 0.15) is 16.4 Å². The first-order chi connectivity index (χ1) is 11.0. The highest BCUT2D eigenvalue weighted by Gasteiger charge is 2.15. The van der Waals surface area contributed by atoms with Gasteiger partial charge in [-0.15, -0.1) is 0 Å². The Bertz CT molecular complexity index is 842. The van der Waals surface area contributed by atoms with E-state index >= 15 is 0 Å². The smallest absolute Gasteiger partial charge is 0.267 e. The van der Waals surface area contributed by atoms with Crippen molar-refractivity contribution in [1.82, 2.24) is 15.2 Å². The summed E-state index contributed by atoms with van der Waals surface area (Å²) in [6.45, 7) is 3.63. The zero-order valence-corrected chi connectivity index (χ0v) is 13.4. The molecule has 1 aromatic carbocycles. The van der Waals surface area contributed by atoms with Gasteiger partial charge in [-0.05, 0) is 25.5 Å². The molecule has 0 saturated carbocycles. The zero-order valence-electron chi connectivity index (χ0n) is 12.5. The normalized spacial score (nSPS) is 10.5. The van der Waals surface area contributed by atoms with Crippen LogP contribution in [0.25, 0.3) is 0 Å². The molecule has 3 aromatic rings. The number of H-pyrrole nitrogens is 1. The van der Waals surface area contributed by atoms with Gasteiger partial charge >= 0.3 is 0 Å². The van der Waals surface area contributed by atoms with Crippen LogP contribution in [0.5, 0.6) is 5.75 Å². The lowest BCUT2D eigenvalue weighted by Crippen LogP contribution is -2.12. The number of benzene rings is 1. The lowest BCUT2D eigenvalue weighted by molar-refractivity contribution is 0.103. The van der Waals surface area contributed by atoms with E-state index in [0.717, 1.165) is 5.56 Å². The van der Waals surface area contributed by atoms with Crippen LogP contribution >= 0.6 is 11.3 Å². The van der Waals surface area contributed by atoms with Crippen LogP contribution in [-0.4, -0.2) is 26.2 Å². The van der Waals surface area contributed by atoms with Crippen LogP contribution in [0.3, 0.4) is 0 Å². The van der Waals surface area contributed by atoms with Crippen LogP contribution in [-0.2, 0) is 0 Å². The van der Waals surface area contributed by atoms with Crippen LogP contribution in [0.2, 0.25) is 0 Å². The molecule has 118 valence electrons. The summed E-state index contributed by atoms with van der Waals surface area (Å²) in [7, 11) is 0. The van der Waals surface area contributed by atoms with Gasteiger partial charge in [0.2, 0.25) is 0 Å². The first kappa shape index (κ1) is 15.0. The quantitative estimate of drug-likeness (QED) is 0.588. The van der Waals surface area contributed by atoms with Gasteiger partial charge in [-0.1, -0.05) is 17.4 Å². The minimum atomic E-state index is -0.267. The van der Waals surface area contributed by atoms with E-state index in [0.29, 0.717) is 27.1 Å². The Morgan fingerprint density at radius 2 is 2.13 bits per heavy atom. The third kappa shape index (κ3) is 3.16. The van der Waals surface area contributed by atoms with Gasteiger partial charge in [-0.2, -0.15) is 5.10 Å². The molecule has 0 bridgehead atoms. The Morgan fingerprint density at radius 3 is 2.87 bits per heavy atom. The highest BCUT2D eigenvalue weighted by Crippen LogP contribution is 2.29. The third-order valence-corrected chi connectivity index (χ3v) is 4.27. The summed E-state index contributed by atoms with van der Waals surface area (Å²) in [4.78, 5) is 17.0. The summed E-state index contributed by atoms with van der Waals surface area (Å²) >= 11 is 1.23. The second-order valence-electron chi connectivity index (χ2n) is 4.98. The third-order valence-electron chi connectivity index (χ3n) is 3.36. The predicted molar refractivity (Wildman–Crippen MR) is 89.5 cm³/mol. The van der Waals surface area contributed by atoms with Crippen molar-refractivity contribution in [3.05, 3.63) is 46.6 Å². The van der Waals surface area contributed by atoms with Gasteiger partial charge in [0.05, 0.1) is 18.1 Å². The van der Waals surface area contributed by atoms with E-state index in [4.69, 9.17) is 0 Å². The van der Waals surface area contributed by atoms with Crippen LogP contribution in [0.15, 0.2) is 30.6 Å². The molecule has 0 unspecified atom stereocenters. The molecule has 2 aromatic heterocycles. The number of hydrogen-bond donors (Lipinski definition) is 4. The molecule has 0 saturated heterocycles. The second kappa shape index (κ2) is 6.09. The van der Waals surface area contributed by atoms with E-state index in [9.17, 15) is 9.90 Å². The van der Waals surface area contributed by atoms with Crippen molar-refractivity contribution in [2.75, 3.05) is 10.6 Å². The number of aryl methyl sites for hydroxylation is 1. The molecule has 0 fully saturated rings. The molecule has 0 atom stereocenters. The van der Waals surface area contributed by atoms with Crippen molar-refractivity contribution in [3.8, 4) is 5.75 Å². The Hall–Kier alpha value is -2.87. The van der Waals surface area contributed by atoms with E-state index in [1.54, 1.807) is 31.3 Å². The number of phenolic OH excluding ortho intramolecular Hbond substituents is 1. The average Bonchev–Trinajstić information content (AvgIpc) is 3.20. The second-order valence-corrected chi connectivity index (χ2v) is 6.01. The fourth-order valence-corrected chi connectivity index (χ4v) is 2.80. The van der Waals surface area contributed by atoms with E-state index in [2.05, 4.69) is 25.8 Å². The van der Waals surface area contributed by atoms with Gasteiger partial charge < -0.3 is 15.7 Å². The summed E-state index contributed by atoms with van der Waals surface area (Å²) < 4.78 is 0. The number of aromatic nitrogens is 3. The Labute approximate surface area is 136 Å². The number of carbonyl (C=O) groups is 1. The lowest BCUT2D eigenvalue weighted by Gasteiger charge is -2.11. The average molecular weight is 329 g/mol. The van der Waals surface area contributed by atoms with E-state index in [1.165, 1.54) is 17.5 Å². The topological polar surface area (TPSA) is 103 Å². The van der Waals surface area contributed by atoms with Gasteiger partial charge in [-0.25, -0.2) is 4.98 Å². The van der Waals surface area contributed by atoms with Crippen molar-refractivity contribution in [1.29, 1.82) is 0 Å². The number of anilines is 3. The highest BCUT2D eigenvalue weighted by molar-refractivity contribution is 7.17. The molecule has 0 aliphatic carbocycles. The van der Waals surface area contributed by atoms with Crippen molar-refractivity contribution >= 4 is 33.9 Å². The highest BCUT2D eigenvalue weighted by atomic mass is 32.1. The van der Waals surface area contributed by atoms with Crippen molar-refractivity contribution in [2.24, 2.45) is 0 Å². The van der Waals surface area contributed by atoms with Crippen LogP contribution in [0, 0.1) is 13.8 Å². The summed E-state index contributed by atoms with van der Waals surface area (Å²) in [6, 6.07) is 5.13. The minimum absolute atomic E-state index is 0.150. The maximum absolute atomic E-state index is 12.4. The van der Waals surface area contributed by atoms with Crippen molar-refractivity contribution in [3.63, 3.8) is 0 Å². The number of nitrogens with zero attached hydrogens (tertiary/aromatic N) is 2. The summed E-state index contributed by atoms with van der Waals surface area (Å²) in [5, 5.41) is 22.8. The molecule has 8 heteroatoms. The minimum Gasteiger partial charge on any atom is -0.508 e. The Morgan fingerprint density at radius 1 is 1.30 bits per heavy atom. The number of aromatic amines is 1. The number of hydrogen-bond acceptors (Lipinski definition) is 6. The van der Waals surface area contributed by atoms with E-state index < -0.39 is 0 Å². The zero-order chi connectivity index (χ0) is 16.4. The van der Waals surface area contributed by atoms with E-state index in [-0.39, 0.29) is 11.7 Å². The molecule has 7 nitrogen and oxygen atoms in total. The van der Waals surface area contributed by atoms with Crippen molar-refractivity contribution < 1.29 is 9.90 Å². The number of rotatable bonds is 4. The Kier molecular flexibility index (Phi) is 3.98. The van der Waals surface area contributed by atoms with Crippen LogP contribution in [0.1, 0.15) is 20.8 Å². The largest absolute Gasteiger partial charge is 0.508 e. The SMILES string of the molecule is Cc1ccc(O)c(C)c1NC(=O)c1cnc(Nc2ccn[nH]2)s1. The number of aromatic hydroxyl groups is 1. The maximum atomic E-state index is 12.4. The molecule has 4 N–H and O–H groups in total. The number of carbonyl (C=O) groups excluding carboxylic acids is 1. The number of nitrogens with one attached hydrogen (secondary N) is 3. The standard InChI is InChI=1S/C15H15N5O2S/c1-8-3-4-10(21)9(2)13(8)19-14(22)11-7-16-15(23-11)18-12-5-6-17-20-12/h3-7,21H,1-2H3,(H,19,22)(H2,16,17,18,20). The lowest BCUT2D eigenvalue weighted by atomic mass is 10.1. The molecule has 3 rings (SSSR count). The molecule has 1 amide bonds. The predicted octanol–water partition coefficient (Wildman–Crippen LogP) is 3.18. The van der Waals surface area contributed by atoms with Gasteiger partial charge in [0.15, 0.2) is 5.13 Å². The van der Waals surface area contributed by atoms with Gasteiger partial charge in [0, 0.05) is 11.6 Å². The Balaban J connectivity index is 1.77. The molecule has 23 heavy (non-hydrogen) atoms. The van der Waals surface area contributed by atoms with Gasteiger partial charge in [-0.3, -0.25) is 9.89 Å². The molecule has 0 spiro atoms. The summed E-state index contributed by atoms with van der Waals surface area (Å²) in [5.74, 6) is 0.583. The van der Waals surface area contributed by atoms with Crippen LogP contribution < -0.4 is 10.6 Å². The van der Waals surface area contributed by atoms with Crippen molar-refractivity contribution in [2.45, 2.75) is 13.8 Å². The molecule has 0 aliphatic heterocycles. The number of phenols is 1. The number of thiazole rings is 1. The fourth-order valence-electron chi connectivity index (χ4n) is 2.08. The molecular weight excluding hydrogens is 314 g/mol. The summed E-state index contributed by atoms with van der Waals surface area (Å²) in [5.41, 5.74) is 2.14. The monoisotopic (exact) mass is 329 g/mol.